The number of fused-ring (bicyclic) bond motifs is 1. The molecule has 1 heterocycles. The van der Waals surface area contributed by atoms with Gasteiger partial charge in [-0.05, 0) is 49.7 Å². The van der Waals surface area contributed by atoms with Gasteiger partial charge in [0.2, 0.25) is 5.91 Å². The highest BCUT2D eigenvalue weighted by atomic mass is 79.9. The second-order valence-electron chi connectivity index (χ2n) is 7.40. The van der Waals surface area contributed by atoms with E-state index in [1.165, 1.54) is 0 Å². The summed E-state index contributed by atoms with van der Waals surface area (Å²) >= 11 is 3.54. The molecule has 4 nitrogen and oxygen atoms in total. The van der Waals surface area contributed by atoms with Crippen molar-refractivity contribution in [1.29, 1.82) is 0 Å². The Kier molecular flexibility index (Phi) is 5.24. The number of carbonyl (C=O) groups is 2. The van der Waals surface area contributed by atoms with Crippen LogP contribution in [0.25, 0.3) is 0 Å². The molecule has 0 radical (unpaired) electrons. The fourth-order valence-electron chi connectivity index (χ4n) is 3.93. The Balaban J connectivity index is 1.90. The number of hydrogen-bond donors (Lipinski definition) is 1. The van der Waals surface area contributed by atoms with Gasteiger partial charge in [-0.2, -0.15) is 0 Å². The summed E-state index contributed by atoms with van der Waals surface area (Å²) in [7, 11) is 0. The van der Waals surface area contributed by atoms with E-state index in [1.54, 1.807) is 4.90 Å². The van der Waals surface area contributed by atoms with Gasteiger partial charge in [0.1, 0.15) is 6.54 Å². The van der Waals surface area contributed by atoms with Gasteiger partial charge in [0.05, 0.1) is 6.04 Å². The predicted octanol–water partition coefficient (Wildman–Crippen LogP) is 5.25. The lowest BCUT2D eigenvalue weighted by Crippen LogP contribution is -2.39. The number of anilines is 1. The Hall–Kier alpha value is -2.92. The lowest BCUT2D eigenvalue weighted by molar-refractivity contribution is -0.117. The Labute approximate surface area is 178 Å². The van der Waals surface area contributed by atoms with Crippen LogP contribution in [0.4, 0.5) is 5.69 Å². The van der Waals surface area contributed by atoms with E-state index >= 15 is 0 Å². The second kappa shape index (κ2) is 7.84. The average Bonchev–Trinajstić information content (AvgIpc) is 2.83. The lowest BCUT2D eigenvalue weighted by Gasteiger charge is -2.31. The fraction of sp³-hybridized carbons (Fsp3) is 0.167. The van der Waals surface area contributed by atoms with E-state index in [0.29, 0.717) is 5.56 Å². The van der Waals surface area contributed by atoms with Gasteiger partial charge in [-0.15, -0.1) is 0 Å². The van der Waals surface area contributed by atoms with E-state index in [4.69, 9.17) is 0 Å². The number of amides is 2. The van der Waals surface area contributed by atoms with E-state index < -0.39 is 0 Å². The van der Waals surface area contributed by atoms with Gasteiger partial charge in [-0.1, -0.05) is 63.5 Å². The van der Waals surface area contributed by atoms with E-state index in [2.05, 4.69) is 21.2 Å². The van der Waals surface area contributed by atoms with Crippen LogP contribution in [-0.4, -0.2) is 23.3 Å². The summed E-state index contributed by atoms with van der Waals surface area (Å²) in [5.41, 5.74) is 5.20. The van der Waals surface area contributed by atoms with Gasteiger partial charge in [-0.25, -0.2) is 0 Å². The zero-order valence-electron chi connectivity index (χ0n) is 16.3. The molecule has 29 heavy (non-hydrogen) atoms. The van der Waals surface area contributed by atoms with Crippen LogP contribution in [0.1, 0.15) is 38.7 Å². The molecule has 1 aliphatic rings. The normalized spacial score (nSPS) is 16.0. The molecule has 0 spiro atoms. The van der Waals surface area contributed by atoms with Crippen molar-refractivity contribution in [3.63, 3.8) is 0 Å². The van der Waals surface area contributed by atoms with E-state index in [9.17, 15) is 9.59 Å². The second-order valence-corrected chi connectivity index (χ2v) is 8.32. The molecular weight excluding hydrogens is 428 g/mol. The molecule has 3 aromatic carbocycles. The summed E-state index contributed by atoms with van der Waals surface area (Å²) in [4.78, 5) is 27.9. The first-order valence-electron chi connectivity index (χ1n) is 9.46. The zero-order valence-corrected chi connectivity index (χ0v) is 17.9. The smallest absolute Gasteiger partial charge is 0.255 e. The molecule has 0 fully saturated rings. The number of nitrogens with one attached hydrogen (secondary N) is 1. The zero-order chi connectivity index (χ0) is 20.5. The molecule has 5 heteroatoms. The fourth-order valence-corrected chi connectivity index (χ4v) is 4.30. The van der Waals surface area contributed by atoms with Gasteiger partial charge in [0.15, 0.2) is 0 Å². The largest absolute Gasteiger partial charge is 0.324 e. The first-order chi connectivity index (χ1) is 13.9. The van der Waals surface area contributed by atoms with Crippen LogP contribution in [-0.2, 0) is 4.79 Å². The van der Waals surface area contributed by atoms with Crippen molar-refractivity contribution in [2.45, 2.75) is 19.9 Å². The van der Waals surface area contributed by atoms with Crippen LogP contribution < -0.4 is 5.32 Å². The van der Waals surface area contributed by atoms with Gasteiger partial charge < -0.3 is 10.2 Å². The minimum absolute atomic E-state index is 0.0162. The maximum absolute atomic E-state index is 13.6. The van der Waals surface area contributed by atoms with Crippen molar-refractivity contribution >= 4 is 33.4 Å². The van der Waals surface area contributed by atoms with Gasteiger partial charge in [-0.3, -0.25) is 9.59 Å². The van der Waals surface area contributed by atoms with E-state index in [1.807, 2.05) is 80.6 Å². The number of hydrogen-bond acceptors (Lipinski definition) is 2. The molecule has 1 atom stereocenters. The summed E-state index contributed by atoms with van der Waals surface area (Å²) in [6.07, 6.45) is 0. The molecule has 0 unspecified atom stereocenters. The third-order valence-corrected chi connectivity index (χ3v) is 5.55. The first-order valence-corrected chi connectivity index (χ1v) is 10.2. The third-order valence-electron chi connectivity index (χ3n) is 5.05. The Morgan fingerprint density at radius 2 is 1.69 bits per heavy atom. The van der Waals surface area contributed by atoms with Crippen LogP contribution in [0.3, 0.4) is 0 Å². The van der Waals surface area contributed by atoms with Crippen molar-refractivity contribution in [2.75, 3.05) is 11.9 Å². The van der Waals surface area contributed by atoms with Crippen LogP contribution in [0, 0.1) is 13.8 Å². The number of halogens is 1. The highest BCUT2D eigenvalue weighted by Crippen LogP contribution is 2.38. The molecule has 2 amide bonds. The summed E-state index contributed by atoms with van der Waals surface area (Å²) in [5, 5.41) is 2.95. The lowest BCUT2D eigenvalue weighted by atomic mass is 9.95. The van der Waals surface area contributed by atoms with Gasteiger partial charge in [0, 0.05) is 21.3 Å². The standard InChI is InChI=1S/C24H21BrN2O2/c1-15-10-16(2)12-18(11-15)24(29)27-14-22(28)26-21-9-8-19(25)13-20(21)23(27)17-6-4-3-5-7-17/h3-13,23H,14H2,1-2H3,(H,26,28)/t23-/m1/s1. The molecule has 0 saturated carbocycles. The Morgan fingerprint density at radius 3 is 2.38 bits per heavy atom. The summed E-state index contributed by atoms with van der Waals surface area (Å²) in [5.74, 6) is -0.363. The molecule has 3 aromatic rings. The molecule has 0 bridgehead atoms. The van der Waals surface area contributed by atoms with Crippen molar-refractivity contribution < 1.29 is 9.59 Å². The molecule has 0 saturated heterocycles. The average molecular weight is 449 g/mol. The van der Waals surface area contributed by atoms with Gasteiger partial charge >= 0.3 is 0 Å². The van der Waals surface area contributed by atoms with Crippen molar-refractivity contribution in [3.8, 4) is 0 Å². The first kappa shape index (κ1) is 19.4. The quantitative estimate of drug-likeness (QED) is 0.581. The van der Waals surface area contributed by atoms with Crippen LogP contribution >= 0.6 is 15.9 Å². The molecule has 1 N–H and O–H groups in total. The van der Waals surface area contributed by atoms with Crippen LogP contribution in [0.5, 0.6) is 0 Å². The van der Waals surface area contributed by atoms with Crippen molar-refractivity contribution in [1.82, 2.24) is 4.90 Å². The molecular formula is C24H21BrN2O2. The van der Waals surface area contributed by atoms with E-state index in [-0.39, 0.29) is 24.4 Å². The highest BCUT2D eigenvalue weighted by molar-refractivity contribution is 9.10. The summed E-state index contributed by atoms with van der Waals surface area (Å²) in [6, 6.07) is 21.0. The molecule has 1 aliphatic heterocycles. The van der Waals surface area contributed by atoms with Crippen LogP contribution in [0.2, 0.25) is 0 Å². The molecule has 0 aliphatic carbocycles. The molecule has 4 rings (SSSR count). The molecule has 146 valence electrons. The molecule has 0 aromatic heterocycles. The maximum atomic E-state index is 13.6. The number of carbonyl (C=O) groups excluding carboxylic acids is 2. The minimum atomic E-state index is -0.379. The van der Waals surface area contributed by atoms with Crippen molar-refractivity contribution in [3.05, 3.63) is 99.0 Å². The Morgan fingerprint density at radius 1 is 1.00 bits per heavy atom. The topological polar surface area (TPSA) is 49.4 Å². The summed E-state index contributed by atoms with van der Waals surface area (Å²) in [6.45, 7) is 3.93. The van der Waals surface area contributed by atoms with Crippen LogP contribution in [0.15, 0.2) is 71.2 Å². The monoisotopic (exact) mass is 448 g/mol. The number of nitrogens with zero attached hydrogens (tertiary/aromatic N) is 1. The Bertz CT molecular complexity index is 1080. The van der Waals surface area contributed by atoms with Gasteiger partial charge in [0.25, 0.3) is 5.91 Å². The number of rotatable bonds is 2. The van der Waals surface area contributed by atoms with E-state index in [0.717, 1.165) is 32.4 Å². The maximum Gasteiger partial charge on any atom is 0.255 e. The highest BCUT2D eigenvalue weighted by Gasteiger charge is 2.34. The minimum Gasteiger partial charge on any atom is -0.324 e. The SMILES string of the molecule is Cc1cc(C)cc(C(=O)N2CC(=O)Nc3ccc(Br)cc3[C@H]2c2ccccc2)c1. The number of benzene rings is 3. The summed E-state index contributed by atoms with van der Waals surface area (Å²) < 4.78 is 0.895. The van der Waals surface area contributed by atoms with Crippen molar-refractivity contribution in [2.24, 2.45) is 0 Å². The third kappa shape index (κ3) is 3.96. The predicted molar refractivity (Wildman–Crippen MR) is 118 cm³/mol. The number of aryl methyl sites for hydroxylation is 2.